The van der Waals surface area contributed by atoms with Crippen molar-refractivity contribution >= 4 is 56.2 Å². The summed E-state index contributed by atoms with van der Waals surface area (Å²) in [4.78, 5) is 12.0. The first-order valence-corrected chi connectivity index (χ1v) is 6.18. The molecule has 0 unspecified atom stereocenters. The van der Waals surface area contributed by atoms with Gasteiger partial charge in [-0.05, 0) is 17.7 Å². The van der Waals surface area contributed by atoms with E-state index in [0.29, 0.717) is 9.23 Å². The van der Waals surface area contributed by atoms with Crippen LogP contribution in [0.15, 0.2) is 33.6 Å². The molecule has 15 heavy (non-hydrogen) atoms. The van der Waals surface area contributed by atoms with Gasteiger partial charge in [-0.2, -0.15) is 0 Å². The molecule has 1 fully saturated rings. The van der Waals surface area contributed by atoms with Crippen molar-refractivity contribution in [1.82, 2.24) is 5.32 Å². The second kappa shape index (κ2) is 4.47. The Morgan fingerprint density at radius 1 is 1.40 bits per heavy atom. The number of hydrogen-bond acceptors (Lipinski definition) is 3. The van der Waals surface area contributed by atoms with Gasteiger partial charge >= 0.3 is 0 Å². The number of hydrogen-bond donors (Lipinski definition) is 1. The standard InChI is InChI=1S/C10H6BrNOS2/c11-7-4-2-1-3-6(7)5-8-9(13)12-10(14)15-8/h1-5H,(H,12,13,14)/b8-5+. The smallest absolute Gasteiger partial charge is 0.263 e. The van der Waals surface area contributed by atoms with Crippen LogP contribution in [0.5, 0.6) is 0 Å². The molecule has 1 aliphatic rings. The summed E-state index contributed by atoms with van der Waals surface area (Å²) in [6, 6.07) is 7.72. The van der Waals surface area contributed by atoms with Crippen LogP contribution in [0.1, 0.15) is 5.56 Å². The number of benzene rings is 1. The van der Waals surface area contributed by atoms with Gasteiger partial charge in [-0.3, -0.25) is 4.79 Å². The first kappa shape index (κ1) is 10.9. The zero-order chi connectivity index (χ0) is 10.8. The van der Waals surface area contributed by atoms with E-state index >= 15 is 0 Å². The second-order valence-corrected chi connectivity index (χ2v) is 5.45. The monoisotopic (exact) mass is 299 g/mol. The van der Waals surface area contributed by atoms with Gasteiger partial charge in [-0.15, -0.1) is 0 Å². The van der Waals surface area contributed by atoms with Crippen LogP contribution in [0.2, 0.25) is 0 Å². The Bertz CT molecular complexity index is 470. The SMILES string of the molecule is O=C1NC(=S)S/C1=C/c1ccccc1Br. The van der Waals surface area contributed by atoms with Crippen LogP contribution in [-0.4, -0.2) is 10.2 Å². The van der Waals surface area contributed by atoms with Crippen molar-refractivity contribution in [3.63, 3.8) is 0 Å². The normalized spacial score (nSPS) is 18.3. The highest BCUT2D eigenvalue weighted by molar-refractivity contribution is 9.10. The molecule has 1 aromatic carbocycles. The van der Waals surface area contributed by atoms with Crippen LogP contribution in [0.3, 0.4) is 0 Å². The number of nitrogens with one attached hydrogen (secondary N) is 1. The molecule has 5 heteroatoms. The van der Waals surface area contributed by atoms with Crippen LogP contribution < -0.4 is 5.32 Å². The van der Waals surface area contributed by atoms with Gasteiger partial charge in [0.1, 0.15) is 4.32 Å². The average Bonchev–Trinajstić information content (AvgIpc) is 2.49. The predicted octanol–water partition coefficient (Wildman–Crippen LogP) is 2.94. The third-order valence-electron chi connectivity index (χ3n) is 1.83. The molecule has 0 aliphatic carbocycles. The van der Waals surface area contributed by atoms with Gasteiger partial charge in [0.15, 0.2) is 0 Å². The van der Waals surface area contributed by atoms with E-state index in [-0.39, 0.29) is 5.91 Å². The van der Waals surface area contributed by atoms with Gasteiger partial charge in [0.2, 0.25) is 0 Å². The first-order chi connectivity index (χ1) is 7.16. The van der Waals surface area contributed by atoms with Crippen LogP contribution >= 0.6 is 39.9 Å². The summed E-state index contributed by atoms with van der Waals surface area (Å²) in [5, 5.41) is 2.58. The fourth-order valence-corrected chi connectivity index (χ4v) is 2.59. The molecule has 1 aliphatic heterocycles. The molecular formula is C10H6BrNOS2. The molecule has 0 atom stereocenters. The molecule has 1 N–H and O–H groups in total. The molecule has 0 saturated carbocycles. The van der Waals surface area contributed by atoms with Crippen LogP contribution in [0.25, 0.3) is 6.08 Å². The minimum atomic E-state index is -0.124. The third kappa shape index (κ3) is 2.48. The summed E-state index contributed by atoms with van der Waals surface area (Å²) >= 11 is 9.61. The summed E-state index contributed by atoms with van der Waals surface area (Å²) in [6.07, 6.45) is 1.82. The zero-order valence-electron chi connectivity index (χ0n) is 7.49. The quantitative estimate of drug-likeness (QED) is 0.638. The number of carbonyl (C=O) groups excluding carboxylic acids is 1. The average molecular weight is 300 g/mol. The van der Waals surface area contributed by atoms with E-state index in [4.69, 9.17) is 12.2 Å². The fourth-order valence-electron chi connectivity index (χ4n) is 1.15. The number of rotatable bonds is 1. The van der Waals surface area contributed by atoms with E-state index in [9.17, 15) is 4.79 Å². The fraction of sp³-hybridized carbons (Fsp3) is 0. The maximum absolute atomic E-state index is 11.4. The molecule has 0 aromatic heterocycles. The lowest BCUT2D eigenvalue weighted by Crippen LogP contribution is -2.17. The summed E-state index contributed by atoms with van der Waals surface area (Å²) in [5.41, 5.74) is 0.972. The van der Waals surface area contributed by atoms with E-state index < -0.39 is 0 Å². The summed E-state index contributed by atoms with van der Waals surface area (Å²) in [5.74, 6) is -0.124. The topological polar surface area (TPSA) is 29.1 Å². The lowest BCUT2D eigenvalue weighted by Gasteiger charge is -1.97. The van der Waals surface area contributed by atoms with Crippen molar-refractivity contribution in [2.24, 2.45) is 0 Å². The minimum absolute atomic E-state index is 0.124. The Hall–Kier alpha value is -0.650. The van der Waals surface area contributed by atoms with E-state index in [0.717, 1.165) is 10.0 Å². The zero-order valence-corrected chi connectivity index (χ0v) is 10.7. The molecule has 0 spiro atoms. The van der Waals surface area contributed by atoms with E-state index in [2.05, 4.69) is 21.2 Å². The molecule has 2 nitrogen and oxygen atoms in total. The number of thiocarbonyl (C=S) groups is 1. The molecule has 1 aromatic rings. The molecule has 1 heterocycles. The Balaban J connectivity index is 2.35. The third-order valence-corrected chi connectivity index (χ3v) is 3.72. The maximum atomic E-state index is 11.4. The molecule has 76 valence electrons. The maximum Gasteiger partial charge on any atom is 0.263 e. The van der Waals surface area contributed by atoms with Crippen LogP contribution in [0, 0.1) is 0 Å². The first-order valence-electron chi connectivity index (χ1n) is 4.16. The summed E-state index contributed by atoms with van der Waals surface area (Å²) in [7, 11) is 0. The van der Waals surface area contributed by atoms with Crippen molar-refractivity contribution in [1.29, 1.82) is 0 Å². The van der Waals surface area contributed by atoms with Crippen LogP contribution in [-0.2, 0) is 4.79 Å². The highest BCUT2D eigenvalue weighted by atomic mass is 79.9. The summed E-state index contributed by atoms with van der Waals surface area (Å²) in [6.45, 7) is 0. The Morgan fingerprint density at radius 2 is 2.13 bits per heavy atom. The van der Waals surface area contributed by atoms with Gasteiger partial charge in [-0.25, -0.2) is 0 Å². The molecule has 0 radical (unpaired) electrons. The van der Waals surface area contributed by atoms with Crippen molar-refractivity contribution in [2.45, 2.75) is 0 Å². The molecule has 1 amide bonds. The predicted molar refractivity (Wildman–Crippen MR) is 70.5 cm³/mol. The van der Waals surface area contributed by atoms with Gasteiger partial charge in [0.05, 0.1) is 4.91 Å². The number of amides is 1. The number of carbonyl (C=O) groups is 1. The highest BCUT2D eigenvalue weighted by Gasteiger charge is 2.21. The van der Waals surface area contributed by atoms with E-state index in [1.807, 2.05) is 30.3 Å². The number of thioether (sulfide) groups is 1. The Labute approximate surface area is 105 Å². The molecular weight excluding hydrogens is 294 g/mol. The highest BCUT2D eigenvalue weighted by Crippen LogP contribution is 2.28. The van der Waals surface area contributed by atoms with Crippen molar-refractivity contribution in [3.8, 4) is 0 Å². The van der Waals surface area contributed by atoms with Gasteiger partial charge < -0.3 is 5.32 Å². The minimum Gasteiger partial charge on any atom is -0.307 e. The van der Waals surface area contributed by atoms with Gasteiger partial charge in [0, 0.05) is 4.47 Å². The van der Waals surface area contributed by atoms with E-state index in [1.54, 1.807) is 0 Å². The molecule has 1 saturated heterocycles. The van der Waals surface area contributed by atoms with Gasteiger partial charge in [-0.1, -0.05) is 58.1 Å². The van der Waals surface area contributed by atoms with Crippen LogP contribution in [0.4, 0.5) is 0 Å². The Kier molecular flexibility index (Phi) is 3.23. The molecule has 2 rings (SSSR count). The lowest BCUT2D eigenvalue weighted by atomic mass is 10.2. The molecule has 0 bridgehead atoms. The lowest BCUT2D eigenvalue weighted by molar-refractivity contribution is -0.115. The van der Waals surface area contributed by atoms with Crippen molar-refractivity contribution in [3.05, 3.63) is 39.2 Å². The Morgan fingerprint density at radius 3 is 2.73 bits per heavy atom. The van der Waals surface area contributed by atoms with Crippen molar-refractivity contribution in [2.75, 3.05) is 0 Å². The second-order valence-electron chi connectivity index (χ2n) is 2.87. The summed E-state index contributed by atoms with van der Waals surface area (Å²) < 4.78 is 1.47. The van der Waals surface area contributed by atoms with E-state index in [1.165, 1.54) is 11.8 Å². The van der Waals surface area contributed by atoms with Crippen molar-refractivity contribution < 1.29 is 4.79 Å². The van der Waals surface area contributed by atoms with Gasteiger partial charge in [0.25, 0.3) is 5.91 Å². The largest absolute Gasteiger partial charge is 0.307 e. The number of halogens is 1.